The number of carbonyl (C=O) groups is 3. The number of carboxylic acid groups (broad SMARTS) is 1. The third-order valence-electron chi connectivity index (χ3n) is 5.48. The molecule has 0 saturated carbocycles. The zero-order valence-corrected chi connectivity index (χ0v) is 22.3. The summed E-state index contributed by atoms with van der Waals surface area (Å²) in [4.78, 5) is 38.7. The normalized spacial score (nSPS) is 18.9. The van der Waals surface area contributed by atoms with E-state index >= 15 is 0 Å². The second-order valence-electron chi connectivity index (χ2n) is 7.98. The van der Waals surface area contributed by atoms with Gasteiger partial charge in [-0.05, 0) is 48.9 Å². The molecule has 2 aliphatic heterocycles. The lowest BCUT2D eigenvalue weighted by atomic mass is 10.0. The quantitative estimate of drug-likeness (QED) is 0.298. The van der Waals surface area contributed by atoms with Crippen molar-refractivity contribution in [2.24, 2.45) is 0 Å². The fraction of sp³-hybridized carbons (Fsp3) is 0.261. The Morgan fingerprint density at radius 3 is 2.76 bits per heavy atom. The summed E-state index contributed by atoms with van der Waals surface area (Å²) in [5.41, 5.74) is 0.418. The van der Waals surface area contributed by atoms with E-state index in [1.165, 1.54) is 45.8 Å². The van der Waals surface area contributed by atoms with Crippen LogP contribution >= 0.6 is 46.5 Å². The number of amides is 2. The van der Waals surface area contributed by atoms with Crippen molar-refractivity contribution in [3.8, 4) is 5.75 Å². The number of benzene rings is 1. The minimum atomic E-state index is -1.43. The number of aryl methyl sites for hydroxylation is 1. The van der Waals surface area contributed by atoms with Gasteiger partial charge in [0.1, 0.15) is 34.5 Å². The minimum Gasteiger partial charge on any atom is -0.543 e. The highest BCUT2D eigenvalue weighted by molar-refractivity contribution is 8.01. The van der Waals surface area contributed by atoms with Crippen molar-refractivity contribution >= 4 is 64.2 Å². The predicted molar refractivity (Wildman–Crippen MR) is 136 cm³/mol. The van der Waals surface area contributed by atoms with E-state index in [1.54, 1.807) is 30.3 Å². The van der Waals surface area contributed by atoms with Crippen molar-refractivity contribution < 1.29 is 28.6 Å². The summed E-state index contributed by atoms with van der Waals surface area (Å²) in [6.45, 7) is 1.93. The van der Waals surface area contributed by atoms with Crippen molar-refractivity contribution in [2.75, 3.05) is 11.5 Å². The summed E-state index contributed by atoms with van der Waals surface area (Å²) >= 11 is 10.0. The smallest absolute Gasteiger partial charge is 0.287 e. The molecule has 2 unspecified atom stereocenters. The van der Waals surface area contributed by atoms with Crippen molar-refractivity contribution in [1.82, 2.24) is 20.4 Å². The van der Waals surface area contributed by atoms with Crippen LogP contribution in [0.3, 0.4) is 0 Å². The largest absolute Gasteiger partial charge is 0.543 e. The molecule has 0 spiro atoms. The van der Waals surface area contributed by atoms with Crippen LogP contribution in [0.5, 0.6) is 5.75 Å². The number of nitrogens with one attached hydrogen (secondary N) is 1. The number of halogens is 1. The van der Waals surface area contributed by atoms with Gasteiger partial charge in [-0.15, -0.1) is 22.0 Å². The lowest BCUT2D eigenvalue weighted by Gasteiger charge is -2.50. The van der Waals surface area contributed by atoms with E-state index in [-0.39, 0.29) is 18.1 Å². The van der Waals surface area contributed by atoms with Crippen LogP contribution in [-0.2, 0) is 16.2 Å². The lowest BCUT2D eigenvalue weighted by Crippen LogP contribution is -2.71. The van der Waals surface area contributed by atoms with Gasteiger partial charge >= 0.3 is 0 Å². The van der Waals surface area contributed by atoms with E-state index < -0.39 is 29.2 Å². The van der Waals surface area contributed by atoms with Gasteiger partial charge in [0.25, 0.3) is 11.8 Å². The topological polar surface area (TPSA) is 138 Å². The highest BCUT2D eigenvalue weighted by atomic mass is 35.5. The average molecular weight is 578 g/mol. The summed E-state index contributed by atoms with van der Waals surface area (Å²) < 4.78 is 11.9. The molecule has 0 aliphatic carbocycles. The molecule has 14 heteroatoms. The van der Waals surface area contributed by atoms with Crippen LogP contribution < -0.4 is 15.2 Å². The second-order valence-corrected chi connectivity index (χ2v) is 11.9. The number of nitrogens with zero attached hydrogens (tertiary/aromatic N) is 3. The molecule has 1 fully saturated rings. The zero-order valence-electron chi connectivity index (χ0n) is 19.1. The predicted octanol–water partition coefficient (Wildman–Crippen LogP) is 2.48. The number of hydrogen-bond acceptors (Lipinski definition) is 11. The van der Waals surface area contributed by atoms with Crippen LogP contribution in [0.2, 0.25) is 5.02 Å². The fourth-order valence-electron chi connectivity index (χ4n) is 3.74. The van der Waals surface area contributed by atoms with Crippen molar-refractivity contribution in [3.05, 3.63) is 69.2 Å². The molecule has 3 aromatic rings. The van der Waals surface area contributed by atoms with Crippen molar-refractivity contribution in [2.45, 2.75) is 29.3 Å². The number of thioether (sulfide) groups is 2. The van der Waals surface area contributed by atoms with Crippen LogP contribution in [0.1, 0.15) is 21.3 Å². The highest BCUT2D eigenvalue weighted by Gasteiger charge is 2.53. The molecule has 2 aromatic heterocycles. The number of β-lactam (4-membered cyclic amide) rings is 1. The molecular formula is C23H18ClN4O6S3-. The van der Waals surface area contributed by atoms with Crippen molar-refractivity contribution in [1.29, 1.82) is 0 Å². The van der Waals surface area contributed by atoms with Gasteiger partial charge in [0, 0.05) is 16.5 Å². The molecule has 1 N–H and O–H groups in total. The van der Waals surface area contributed by atoms with E-state index in [2.05, 4.69) is 15.5 Å². The first-order chi connectivity index (χ1) is 17.8. The number of aliphatic carboxylic acids is 1. The number of carbonyl (C=O) groups excluding carboxylic acids is 3. The standard InChI is InChI=1S/C23H19ClN4O6S3/c1-11-26-27-23(37-11)36-10-12-9-35-21-17(20(30)28(21)18(12)22(31)32)25-19(29)16-7-6-15(34-16)8-33-14-4-2-13(24)3-5-14/h2-7,17,21H,8-10H2,1H3,(H,25,29)(H,31,32)/p-1. The Balaban J connectivity index is 1.20. The zero-order chi connectivity index (χ0) is 26.1. The highest BCUT2D eigenvalue weighted by Crippen LogP contribution is 2.41. The number of furan rings is 1. The van der Waals surface area contributed by atoms with E-state index in [1.807, 2.05) is 6.92 Å². The summed E-state index contributed by atoms with van der Waals surface area (Å²) in [5.74, 6) is -0.781. The molecule has 2 atom stereocenters. The van der Waals surface area contributed by atoms with Gasteiger partial charge in [-0.3, -0.25) is 14.5 Å². The summed E-state index contributed by atoms with van der Waals surface area (Å²) in [7, 11) is 0. The third-order valence-corrected chi connectivity index (χ3v) is 9.13. The molecule has 2 aliphatic rings. The Hall–Kier alpha value is -3.00. The molecule has 0 radical (unpaired) electrons. The van der Waals surface area contributed by atoms with Gasteiger partial charge in [-0.1, -0.05) is 34.7 Å². The number of carboxylic acids is 1. The molecule has 192 valence electrons. The molecule has 1 aromatic carbocycles. The molecule has 10 nitrogen and oxygen atoms in total. The SMILES string of the molecule is Cc1nnc(SCC2=C(C(=O)[O-])N3C(=O)C(NC(=O)c4ccc(COc5ccc(Cl)cc5)o4)C3SC2)s1. The van der Waals surface area contributed by atoms with Crippen molar-refractivity contribution in [3.63, 3.8) is 0 Å². The number of fused-ring (bicyclic) bond motifs is 1. The van der Waals surface area contributed by atoms with E-state index in [4.69, 9.17) is 20.8 Å². The van der Waals surface area contributed by atoms with Gasteiger partial charge < -0.3 is 24.4 Å². The van der Waals surface area contributed by atoms with Crippen LogP contribution in [0.15, 0.2) is 56.4 Å². The van der Waals surface area contributed by atoms with E-state index in [9.17, 15) is 19.5 Å². The summed E-state index contributed by atoms with van der Waals surface area (Å²) in [5, 5.41) is 23.4. The maximum atomic E-state index is 12.9. The molecule has 4 heterocycles. The molecule has 2 amide bonds. The second kappa shape index (κ2) is 10.8. The van der Waals surface area contributed by atoms with Gasteiger partial charge in [-0.25, -0.2) is 0 Å². The maximum absolute atomic E-state index is 12.9. The first-order valence-corrected chi connectivity index (χ1v) is 14.1. The summed E-state index contributed by atoms with van der Waals surface area (Å²) in [6, 6.07) is 9.03. The number of aromatic nitrogens is 2. The molecular weight excluding hydrogens is 560 g/mol. The Morgan fingerprint density at radius 1 is 1.27 bits per heavy atom. The molecule has 1 saturated heterocycles. The number of ether oxygens (including phenoxy) is 1. The van der Waals surface area contributed by atoms with Crippen LogP contribution in [0.25, 0.3) is 0 Å². The number of hydrogen-bond donors (Lipinski definition) is 1. The first-order valence-electron chi connectivity index (χ1n) is 10.9. The first kappa shape index (κ1) is 25.6. The number of rotatable bonds is 9. The van der Waals surface area contributed by atoms with Crippen LogP contribution in [-0.4, -0.2) is 55.8 Å². The third kappa shape index (κ3) is 5.49. The van der Waals surface area contributed by atoms with Gasteiger partial charge in [0.2, 0.25) is 0 Å². The van der Waals surface area contributed by atoms with E-state index in [0.29, 0.717) is 38.0 Å². The van der Waals surface area contributed by atoms with Gasteiger partial charge in [0.05, 0.1) is 11.7 Å². The molecule has 5 rings (SSSR count). The molecule has 37 heavy (non-hydrogen) atoms. The molecule has 0 bridgehead atoms. The summed E-state index contributed by atoms with van der Waals surface area (Å²) in [6.07, 6.45) is 0. The fourth-order valence-corrected chi connectivity index (χ4v) is 7.17. The minimum absolute atomic E-state index is 0.0156. The van der Waals surface area contributed by atoms with E-state index in [0.717, 1.165) is 5.01 Å². The Morgan fingerprint density at radius 2 is 2.05 bits per heavy atom. The van der Waals surface area contributed by atoms with Crippen LogP contribution in [0, 0.1) is 6.92 Å². The lowest BCUT2D eigenvalue weighted by molar-refractivity contribution is -0.301. The Kier molecular flexibility index (Phi) is 7.47. The average Bonchev–Trinajstić information content (AvgIpc) is 3.53. The van der Waals surface area contributed by atoms with Gasteiger partial charge in [-0.2, -0.15) is 0 Å². The maximum Gasteiger partial charge on any atom is 0.287 e. The van der Waals surface area contributed by atoms with Crippen LogP contribution in [0.4, 0.5) is 0 Å². The Labute approximate surface area is 228 Å². The van der Waals surface area contributed by atoms with Gasteiger partial charge in [0.15, 0.2) is 10.1 Å². The Bertz CT molecular complexity index is 1390. The monoisotopic (exact) mass is 577 g/mol.